The molecular formula is C53H95NO3. The van der Waals surface area contributed by atoms with E-state index in [1.54, 1.807) is 0 Å². The lowest BCUT2D eigenvalue weighted by atomic mass is 10.0. The van der Waals surface area contributed by atoms with Crippen LogP contribution in [0.2, 0.25) is 0 Å². The number of nitrogens with one attached hydrogen (secondary N) is 1. The zero-order chi connectivity index (χ0) is 41.4. The summed E-state index contributed by atoms with van der Waals surface area (Å²) >= 11 is 0. The molecule has 57 heavy (non-hydrogen) atoms. The molecule has 0 saturated carbocycles. The first-order chi connectivity index (χ1) is 28.2. The topological polar surface area (TPSA) is 69.6 Å². The smallest absolute Gasteiger partial charge is 0.220 e. The molecule has 0 fully saturated rings. The molecule has 0 aliphatic carbocycles. The molecule has 2 unspecified atom stereocenters. The number of hydrogen-bond acceptors (Lipinski definition) is 3. The van der Waals surface area contributed by atoms with Crippen LogP contribution in [0.3, 0.4) is 0 Å². The lowest BCUT2D eigenvalue weighted by Gasteiger charge is -2.22. The number of carbonyl (C=O) groups is 1. The van der Waals surface area contributed by atoms with Gasteiger partial charge in [-0.05, 0) is 64.2 Å². The van der Waals surface area contributed by atoms with Gasteiger partial charge in [-0.2, -0.15) is 0 Å². The van der Waals surface area contributed by atoms with Crippen molar-refractivity contribution in [3.05, 3.63) is 72.9 Å². The lowest BCUT2D eigenvalue weighted by molar-refractivity contribution is -0.123. The third-order valence-electron chi connectivity index (χ3n) is 11.0. The molecule has 0 aliphatic heterocycles. The van der Waals surface area contributed by atoms with E-state index in [0.29, 0.717) is 12.8 Å². The Balaban J connectivity index is 3.49. The van der Waals surface area contributed by atoms with Crippen molar-refractivity contribution >= 4 is 5.91 Å². The van der Waals surface area contributed by atoms with Crippen molar-refractivity contribution in [2.45, 2.75) is 251 Å². The third kappa shape index (κ3) is 44.8. The van der Waals surface area contributed by atoms with Gasteiger partial charge in [0.2, 0.25) is 5.91 Å². The second kappa shape index (κ2) is 48.2. The van der Waals surface area contributed by atoms with E-state index in [1.165, 1.54) is 148 Å². The molecule has 0 aromatic heterocycles. The third-order valence-corrected chi connectivity index (χ3v) is 11.0. The van der Waals surface area contributed by atoms with Gasteiger partial charge in [0.05, 0.1) is 18.8 Å². The number of allylic oxidation sites excluding steroid dienone is 12. The van der Waals surface area contributed by atoms with Crippen LogP contribution in [-0.2, 0) is 4.79 Å². The van der Waals surface area contributed by atoms with Gasteiger partial charge in [-0.25, -0.2) is 0 Å². The number of hydrogen-bond donors (Lipinski definition) is 3. The van der Waals surface area contributed by atoms with Crippen molar-refractivity contribution < 1.29 is 15.0 Å². The molecule has 0 bridgehead atoms. The first-order valence-corrected chi connectivity index (χ1v) is 24.6. The van der Waals surface area contributed by atoms with E-state index in [0.717, 1.165) is 64.2 Å². The molecule has 0 aromatic rings. The fourth-order valence-electron chi connectivity index (χ4n) is 7.25. The number of unbranched alkanes of at least 4 members (excludes halogenated alkanes) is 25. The van der Waals surface area contributed by atoms with E-state index in [1.807, 2.05) is 0 Å². The molecule has 0 spiro atoms. The molecule has 4 heteroatoms. The van der Waals surface area contributed by atoms with Gasteiger partial charge in [0, 0.05) is 6.42 Å². The molecule has 4 nitrogen and oxygen atoms in total. The molecular weight excluding hydrogens is 699 g/mol. The van der Waals surface area contributed by atoms with Crippen LogP contribution < -0.4 is 5.32 Å². The van der Waals surface area contributed by atoms with Crippen LogP contribution in [0.4, 0.5) is 0 Å². The van der Waals surface area contributed by atoms with Crippen molar-refractivity contribution in [1.82, 2.24) is 5.32 Å². The Kier molecular flexibility index (Phi) is 46.4. The van der Waals surface area contributed by atoms with Crippen LogP contribution in [0.15, 0.2) is 72.9 Å². The van der Waals surface area contributed by atoms with Gasteiger partial charge >= 0.3 is 0 Å². The molecule has 330 valence electrons. The quantitative estimate of drug-likeness (QED) is 0.0425. The van der Waals surface area contributed by atoms with Crippen molar-refractivity contribution in [2.75, 3.05) is 6.61 Å². The maximum absolute atomic E-state index is 12.4. The number of rotatable bonds is 44. The van der Waals surface area contributed by atoms with Crippen molar-refractivity contribution in [3.63, 3.8) is 0 Å². The van der Waals surface area contributed by atoms with Crippen molar-refractivity contribution in [1.29, 1.82) is 0 Å². The Labute approximate surface area is 355 Å². The minimum absolute atomic E-state index is 0.0346. The summed E-state index contributed by atoms with van der Waals surface area (Å²) in [7, 11) is 0. The van der Waals surface area contributed by atoms with E-state index < -0.39 is 12.1 Å². The average Bonchev–Trinajstić information content (AvgIpc) is 3.22. The standard InChI is InChI=1S/C53H95NO3/c1-3-5-7-9-11-13-15-17-18-19-20-21-22-23-24-25-26-27-28-29-30-31-32-33-34-35-36-37-39-41-43-45-47-49-53(57)54-51(50-55)52(56)48-46-44-42-40-38-16-14-12-10-8-6-4-2/h5,7,11,13,17-18,20-21,23-24,26-27,51-52,55-56H,3-4,6,8-10,12,14-16,19,22,25,28-50H2,1-2H3,(H,54,57)/b7-5-,13-11-,18-17-,21-20-,24-23-,27-26-. The number of carbonyl (C=O) groups excluding carboxylic acids is 1. The van der Waals surface area contributed by atoms with Crippen LogP contribution in [0.1, 0.15) is 239 Å². The maximum Gasteiger partial charge on any atom is 0.220 e. The Bertz CT molecular complexity index is 992. The number of aliphatic hydroxyl groups is 2. The van der Waals surface area contributed by atoms with E-state index in [-0.39, 0.29) is 12.5 Å². The number of aliphatic hydroxyl groups excluding tert-OH is 2. The SMILES string of the molecule is CC/C=C\C/C=C\C/C=C\C/C=C\C/C=C\C/C=C\CCCCCCCCCCCCCCCCC(=O)NC(CO)C(O)CCCCCCCCCCCCCC. The van der Waals surface area contributed by atoms with Crippen LogP contribution >= 0.6 is 0 Å². The van der Waals surface area contributed by atoms with Crippen molar-refractivity contribution in [2.24, 2.45) is 0 Å². The van der Waals surface area contributed by atoms with Crippen LogP contribution in [0.25, 0.3) is 0 Å². The summed E-state index contributed by atoms with van der Waals surface area (Å²) in [4.78, 5) is 12.4. The van der Waals surface area contributed by atoms with Crippen LogP contribution in [-0.4, -0.2) is 34.9 Å². The predicted octanol–water partition coefficient (Wildman–Crippen LogP) is 15.9. The normalized spacial score (nSPS) is 13.5. The molecule has 0 aromatic carbocycles. The summed E-state index contributed by atoms with van der Waals surface area (Å²) in [5.41, 5.74) is 0. The Morgan fingerprint density at radius 1 is 0.439 bits per heavy atom. The second-order valence-corrected chi connectivity index (χ2v) is 16.5. The molecule has 3 N–H and O–H groups in total. The second-order valence-electron chi connectivity index (χ2n) is 16.5. The van der Waals surface area contributed by atoms with Gasteiger partial charge in [-0.15, -0.1) is 0 Å². The highest BCUT2D eigenvalue weighted by Gasteiger charge is 2.20. The molecule has 2 atom stereocenters. The Morgan fingerprint density at radius 2 is 0.772 bits per heavy atom. The Hall–Kier alpha value is -2.17. The summed E-state index contributed by atoms with van der Waals surface area (Å²) in [6.45, 7) is 4.24. The minimum Gasteiger partial charge on any atom is -0.394 e. The predicted molar refractivity (Wildman–Crippen MR) is 253 cm³/mol. The molecule has 1 amide bonds. The van der Waals surface area contributed by atoms with Crippen LogP contribution in [0.5, 0.6) is 0 Å². The zero-order valence-corrected chi connectivity index (χ0v) is 37.8. The van der Waals surface area contributed by atoms with E-state index in [9.17, 15) is 15.0 Å². The first-order valence-electron chi connectivity index (χ1n) is 24.6. The largest absolute Gasteiger partial charge is 0.394 e. The molecule has 0 rings (SSSR count). The molecule has 0 radical (unpaired) electrons. The fraction of sp³-hybridized carbons (Fsp3) is 0.755. The highest BCUT2D eigenvalue weighted by molar-refractivity contribution is 5.76. The van der Waals surface area contributed by atoms with Gasteiger partial charge in [0.15, 0.2) is 0 Å². The van der Waals surface area contributed by atoms with E-state index in [4.69, 9.17) is 0 Å². The van der Waals surface area contributed by atoms with Crippen molar-refractivity contribution in [3.8, 4) is 0 Å². The summed E-state index contributed by atoms with van der Waals surface area (Å²) in [5, 5.41) is 23.2. The van der Waals surface area contributed by atoms with Gasteiger partial charge in [-0.1, -0.05) is 241 Å². The molecule has 0 saturated heterocycles. The van der Waals surface area contributed by atoms with Gasteiger partial charge in [0.1, 0.15) is 0 Å². The number of amides is 1. The first kappa shape index (κ1) is 54.8. The monoisotopic (exact) mass is 794 g/mol. The maximum atomic E-state index is 12.4. The van der Waals surface area contributed by atoms with Gasteiger partial charge < -0.3 is 15.5 Å². The minimum atomic E-state index is -0.660. The summed E-state index contributed by atoms with van der Waals surface area (Å²) < 4.78 is 0. The van der Waals surface area contributed by atoms with E-state index in [2.05, 4.69) is 92.1 Å². The lowest BCUT2D eigenvalue weighted by Crippen LogP contribution is -2.45. The average molecular weight is 794 g/mol. The summed E-state index contributed by atoms with van der Waals surface area (Å²) in [6, 6.07) is -0.538. The zero-order valence-electron chi connectivity index (χ0n) is 37.8. The summed E-state index contributed by atoms with van der Waals surface area (Å²) in [6.07, 6.45) is 68.6. The van der Waals surface area contributed by atoms with Gasteiger partial charge in [-0.3, -0.25) is 4.79 Å². The molecule has 0 aliphatic rings. The van der Waals surface area contributed by atoms with Crippen LogP contribution in [0, 0.1) is 0 Å². The Morgan fingerprint density at radius 3 is 1.16 bits per heavy atom. The summed E-state index contributed by atoms with van der Waals surface area (Å²) in [5.74, 6) is -0.0346. The fourth-order valence-corrected chi connectivity index (χ4v) is 7.25. The highest BCUT2D eigenvalue weighted by atomic mass is 16.3. The highest BCUT2D eigenvalue weighted by Crippen LogP contribution is 2.16. The molecule has 0 heterocycles. The van der Waals surface area contributed by atoms with E-state index >= 15 is 0 Å². The van der Waals surface area contributed by atoms with Gasteiger partial charge in [0.25, 0.3) is 0 Å².